The van der Waals surface area contributed by atoms with Crippen molar-refractivity contribution < 1.29 is 5.21 Å². The smallest absolute Gasteiger partial charge is 0.145 e. The Bertz CT molecular complexity index is 344. The van der Waals surface area contributed by atoms with Gasteiger partial charge in [-0.1, -0.05) is 35.5 Å². The highest BCUT2D eigenvalue weighted by Crippen LogP contribution is 2.00. The van der Waals surface area contributed by atoms with Crippen LogP contribution in [0.3, 0.4) is 0 Å². The maximum Gasteiger partial charge on any atom is 0.145 e. The van der Waals surface area contributed by atoms with Gasteiger partial charge in [-0.15, -0.1) is 0 Å². The molecule has 15 heavy (non-hydrogen) atoms. The summed E-state index contributed by atoms with van der Waals surface area (Å²) in [6.07, 6.45) is 1.32. The fraction of sp³-hybridized carbons (Fsp3) is 0.273. The topological polar surface area (TPSA) is 48.2 Å². The van der Waals surface area contributed by atoms with Gasteiger partial charge in [-0.05, 0) is 5.56 Å². The van der Waals surface area contributed by atoms with Crippen molar-refractivity contribution in [3.05, 3.63) is 35.9 Å². The number of oxime groups is 1. The van der Waals surface area contributed by atoms with Crippen molar-refractivity contribution in [3.8, 4) is 0 Å². The predicted octanol–water partition coefficient (Wildman–Crippen LogP) is 1.61. The monoisotopic (exact) mass is 205 g/mol. The number of benzene rings is 1. The standard InChI is InChI=1S/C11H15N3O/c1-14(2)11(9-13-15)12-8-10-6-4-3-5-7-10/h3-7,9,15H,8H2,1-2H3/b12-11?,13-9+. The summed E-state index contributed by atoms with van der Waals surface area (Å²) in [6, 6.07) is 9.93. The minimum absolute atomic E-state index is 0.584. The highest BCUT2D eigenvalue weighted by molar-refractivity contribution is 6.28. The molecule has 4 heteroatoms. The van der Waals surface area contributed by atoms with E-state index in [4.69, 9.17) is 5.21 Å². The van der Waals surface area contributed by atoms with E-state index in [1.165, 1.54) is 6.21 Å². The second-order valence-electron chi connectivity index (χ2n) is 3.30. The first-order chi connectivity index (χ1) is 7.24. The first-order valence-electron chi connectivity index (χ1n) is 4.67. The lowest BCUT2D eigenvalue weighted by Crippen LogP contribution is -2.23. The summed E-state index contributed by atoms with van der Waals surface area (Å²) < 4.78 is 0. The van der Waals surface area contributed by atoms with Crippen LogP contribution in [0.2, 0.25) is 0 Å². The number of aliphatic imine (C=N–C) groups is 1. The van der Waals surface area contributed by atoms with Crippen LogP contribution in [0, 0.1) is 0 Å². The normalized spacial score (nSPS) is 12.0. The van der Waals surface area contributed by atoms with Gasteiger partial charge < -0.3 is 10.1 Å². The molecule has 80 valence electrons. The third-order valence-electron chi connectivity index (χ3n) is 1.90. The molecule has 1 aromatic rings. The minimum Gasteiger partial charge on any atom is -0.411 e. The summed E-state index contributed by atoms with van der Waals surface area (Å²) in [5, 5.41) is 11.4. The average Bonchev–Trinajstić information content (AvgIpc) is 2.25. The number of hydrogen-bond donors (Lipinski definition) is 1. The van der Waals surface area contributed by atoms with Crippen molar-refractivity contribution in [2.75, 3.05) is 14.1 Å². The summed E-state index contributed by atoms with van der Waals surface area (Å²) in [6.45, 7) is 0.584. The zero-order chi connectivity index (χ0) is 11.1. The van der Waals surface area contributed by atoms with Crippen molar-refractivity contribution in [2.45, 2.75) is 6.54 Å². The average molecular weight is 205 g/mol. The fourth-order valence-corrected chi connectivity index (χ4v) is 1.11. The predicted molar refractivity (Wildman–Crippen MR) is 61.5 cm³/mol. The van der Waals surface area contributed by atoms with E-state index >= 15 is 0 Å². The zero-order valence-electron chi connectivity index (χ0n) is 8.96. The van der Waals surface area contributed by atoms with Gasteiger partial charge in [-0.3, -0.25) is 4.99 Å². The lowest BCUT2D eigenvalue weighted by molar-refractivity contribution is 0.322. The molecule has 1 aromatic carbocycles. The maximum absolute atomic E-state index is 8.44. The summed E-state index contributed by atoms with van der Waals surface area (Å²) >= 11 is 0. The quantitative estimate of drug-likeness (QED) is 0.353. The van der Waals surface area contributed by atoms with Gasteiger partial charge in [0.25, 0.3) is 0 Å². The molecule has 0 aromatic heterocycles. The Morgan fingerprint density at radius 1 is 1.33 bits per heavy atom. The summed E-state index contributed by atoms with van der Waals surface area (Å²) in [5.74, 6) is 0.640. The van der Waals surface area contributed by atoms with Gasteiger partial charge in [-0.2, -0.15) is 0 Å². The van der Waals surface area contributed by atoms with Crippen LogP contribution in [0.15, 0.2) is 40.5 Å². The molecule has 0 atom stereocenters. The van der Waals surface area contributed by atoms with E-state index in [9.17, 15) is 0 Å². The Hall–Kier alpha value is -1.84. The van der Waals surface area contributed by atoms with Crippen molar-refractivity contribution in [1.82, 2.24) is 4.90 Å². The van der Waals surface area contributed by atoms with Crippen molar-refractivity contribution >= 4 is 12.1 Å². The Labute approximate surface area is 89.6 Å². The minimum atomic E-state index is 0.584. The largest absolute Gasteiger partial charge is 0.411 e. The summed E-state index contributed by atoms with van der Waals surface area (Å²) in [7, 11) is 3.71. The molecule has 0 aliphatic carbocycles. The van der Waals surface area contributed by atoms with Gasteiger partial charge in [0, 0.05) is 14.1 Å². The lowest BCUT2D eigenvalue weighted by Gasteiger charge is -2.10. The molecular formula is C11H15N3O. The van der Waals surface area contributed by atoms with E-state index in [2.05, 4.69) is 10.1 Å². The molecule has 0 saturated carbocycles. The van der Waals surface area contributed by atoms with Crippen LogP contribution in [0.5, 0.6) is 0 Å². The molecule has 4 nitrogen and oxygen atoms in total. The molecule has 0 bridgehead atoms. The van der Waals surface area contributed by atoms with E-state index < -0.39 is 0 Å². The Balaban J connectivity index is 2.70. The van der Waals surface area contributed by atoms with E-state index in [1.54, 1.807) is 4.90 Å². The molecule has 0 saturated heterocycles. The lowest BCUT2D eigenvalue weighted by atomic mass is 10.2. The third kappa shape index (κ3) is 3.81. The van der Waals surface area contributed by atoms with Crippen molar-refractivity contribution in [2.24, 2.45) is 10.1 Å². The van der Waals surface area contributed by atoms with Crippen LogP contribution >= 0.6 is 0 Å². The molecule has 1 rings (SSSR count). The molecule has 0 spiro atoms. The number of rotatable bonds is 3. The van der Waals surface area contributed by atoms with Gasteiger partial charge in [0.05, 0.1) is 6.54 Å². The number of hydrogen-bond acceptors (Lipinski definition) is 3. The summed E-state index contributed by atoms with van der Waals surface area (Å²) in [5.41, 5.74) is 1.13. The number of amidine groups is 1. The van der Waals surface area contributed by atoms with Crippen LogP contribution in [0.4, 0.5) is 0 Å². The Morgan fingerprint density at radius 3 is 2.53 bits per heavy atom. The first-order valence-corrected chi connectivity index (χ1v) is 4.67. The van der Waals surface area contributed by atoms with Gasteiger partial charge in [0.2, 0.25) is 0 Å². The van der Waals surface area contributed by atoms with Gasteiger partial charge in [-0.25, -0.2) is 0 Å². The molecule has 0 aliphatic rings. The van der Waals surface area contributed by atoms with Crippen LogP contribution in [-0.2, 0) is 6.54 Å². The molecule has 1 N–H and O–H groups in total. The molecule has 0 radical (unpaired) electrons. The number of nitrogens with zero attached hydrogens (tertiary/aromatic N) is 3. The fourth-order valence-electron chi connectivity index (χ4n) is 1.11. The van der Waals surface area contributed by atoms with E-state index in [1.807, 2.05) is 44.4 Å². The molecular weight excluding hydrogens is 190 g/mol. The van der Waals surface area contributed by atoms with Gasteiger partial charge in [0.1, 0.15) is 12.1 Å². The van der Waals surface area contributed by atoms with Crippen molar-refractivity contribution in [1.29, 1.82) is 0 Å². The summed E-state index contributed by atoms with van der Waals surface area (Å²) in [4.78, 5) is 6.11. The highest BCUT2D eigenvalue weighted by atomic mass is 16.4. The van der Waals surface area contributed by atoms with Crippen molar-refractivity contribution in [3.63, 3.8) is 0 Å². The van der Waals surface area contributed by atoms with Crippen LogP contribution < -0.4 is 0 Å². The third-order valence-corrected chi connectivity index (χ3v) is 1.90. The molecule has 0 amide bonds. The second kappa shape index (κ2) is 5.80. The van der Waals surface area contributed by atoms with Crippen LogP contribution in [-0.4, -0.2) is 36.3 Å². The second-order valence-corrected chi connectivity index (χ2v) is 3.30. The van der Waals surface area contributed by atoms with Crippen LogP contribution in [0.25, 0.3) is 0 Å². The zero-order valence-corrected chi connectivity index (χ0v) is 8.96. The first kappa shape index (κ1) is 11.2. The van der Waals surface area contributed by atoms with Crippen LogP contribution in [0.1, 0.15) is 5.56 Å². The molecule has 0 unspecified atom stereocenters. The Kier molecular flexibility index (Phi) is 4.34. The highest BCUT2D eigenvalue weighted by Gasteiger charge is 1.97. The molecule has 0 fully saturated rings. The van der Waals surface area contributed by atoms with E-state index in [-0.39, 0.29) is 0 Å². The van der Waals surface area contributed by atoms with E-state index in [0.29, 0.717) is 12.4 Å². The molecule has 0 aliphatic heterocycles. The van der Waals surface area contributed by atoms with Gasteiger partial charge in [0.15, 0.2) is 0 Å². The van der Waals surface area contributed by atoms with Gasteiger partial charge >= 0.3 is 0 Å². The molecule has 0 heterocycles. The Morgan fingerprint density at radius 2 is 2.00 bits per heavy atom. The SMILES string of the molecule is CN(C)C(/C=N/O)=NCc1ccccc1. The maximum atomic E-state index is 8.44. The van der Waals surface area contributed by atoms with E-state index in [0.717, 1.165) is 5.56 Å².